The summed E-state index contributed by atoms with van der Waals surface area (Å²) in [4.78, 5) is 64.2. The summed E-state index contributed by atoms with van der Waals surface area (Å²) < 4.78 is 9.73. The number of rotatable bonds is 11. The van der Waals surface area contributed by atoms with E-state index >= 15 is 0 Å². The molecular weight excluding hydrogens is 826 g/mol. The molecule has 0 bridgehead atoms. The van der Waals surface area contributed by atoms with Crippen LogP contribution in [0.15, 0.2) is 42.5 Å². The molecule has 0 saturated heterocycles. The van der Waals surface area contributed by atoms with Crippen LogP contribution in [0.1, 0.15) is 110 Å². The number of methoxy groups -OCH3 is 2. The minimum absolute atomic E-state index is 0.104. The van der Waals surface area contributed by atoms with E-state index in [1.807, 2.05) is 101 Å². The molecule has 0 unspecified atom stereocenters. The number of benzene rings is 3. The molecule has 0 atom stereocenters. The third-order valence-electron chi connectivity index (χ3n) is 8.94. The highest BCUT2D eigenvalue weighted by molar-refractivity contribution is 5.67. The third-order valence-corrected chi connectivity index (χ3v) is 8.94. The van der Waals surface area contributed by atoms with Crippen LogP contribution in [0.5, 0.6) is 0 Å². The molecule has 3 rings (SSSR count). The highest BCUT2D eigenvalue weighted by atomic mass is 16.7. The zero-order valence-corrected chi connectivity index (χ0v) is 39.1. The largest absolute Gasteiger partial charge is 0.343 e. The van der Waals surface area contributed by atoms with Crippen molar-refractivity contribution in [1.82, 2.24) is 4.90 Å². The molecule has 0 aliphatic rings. The Morgan fingerprint density at radius 3 is 1.22 bits per heavy atom. The molecule has 0 aromatic heterocycles. The average molecular weight is 888 g/mol. The minimum Gasteiger partial charge on any atom is -0.343 e. The van der Waals surface area contributed by atoms with E-state index in [2.05, 4.69) is 0 Å². The number of allylic oxidation sites excluding steroid dienone is 1. The van der Waals surface area contributed by atoms with Crippen LogP contribution in [0.3, 0.4) is 0 Å². The zero-order valence-electron chi connectivity index (χ0n) is 39.1. The van der Waals surface area contributed by atoms with Gasteiger partial charge < -0.3 is 9.47 Å². The lowest BCUT2D eigenvalue weighted by Gasteiger charge is -2.19. The number of ether oxygens (including phenoxy) is 2. The van der Waals surface area contributed by atoms with Gasteiger partial charge in [0.05, 0.1) is 47.2 Å². The van der Waals surface area contributed by atoms with Crippen LogP contribution in [0.25, 0.3) is 6.08 Å². The highest BCUT2D eigenvalue weighted by Gasteiger charge is 2.32. The summed E-state index contributed by atoms with van der Waals surface area (Å²) >= 11 is 0. The Hall–Kier alpha value is -6.32. The topological polar surface area (TPSA) is 281 Å². The summed E-state index contributed by atoms with van der Waals surface area (Å²) in [7, 11) is 6.98. The van der Waals surface area contributed by atoms with Gasteiger partial charge in [0, 0.05) is 42.5 Å². The molecule has 21 nitrogen and oxygen atoms in total. The Kier molecular flexibility index (Phi) is 20.9. The summed E-state index contributed by atoms with van der Waals surface area (Å²) in [5.41, 5.74) is -0.152. The van der Waals surface area contributed by atoms with Crippen LogP contribution in [0, 0.1) is 80.5 Å². The van der Waals surface area contributed by atoms with Gasteiger partial charge in [0.25, 0.3) is 34.1 Å². The number of hydrogen-bond donors (Lipinski definition) is 0. The van der Waals surface area contributed by atoms with Crippen LogP contribution < -0.4 is 0 Å². The van der Waals surface area contributed by atoms with Gasteiger partial charge >= 0.3 is 0 Å². The van der Waals surface area contributed by atoms with Crippen molar-refractivity contribution in [3.05, 3.63) is 137 Å². The van der Waals surface area contributed by atoms with E-state index < -0.39 is 45.8 Å². The van der Waals surface area contributed by atoms with Crippen molar-refractivity contribution >= 4 is 40.2 Å². The number of aryl methyl sites for hydroxylation is 1. The molecule has 63 heavy (non-hydrogen) atoms. The van der Waals surface area contributed by atoms with Crippen LogP contribution in [0.2, 0.25) is 0 Å². The van der Waals surface area contributed by atoms with Crippen molar-refractivity contribution in [2.24, 2.45) is 5.92 Å². The van der Waals surface area contributed by atoms with E-state index in [1.54, 1.807) is 33.3 Å². The Balaban J connectivity index is 0.000000847. The Morgan fingerprint density at radius 1 is 0.540 bits per heavy atom. The van der Waals surface area contributed by atoms with Gasteiger partial charge in [-0.3, -0.25) is 65.6 Å². The molecule has 0 fully saturated rings. The predicted molar refractivity (Wildman–Crippen MR) is 240 cm³/mol. The molecule has 0 N–H and O–H groups in total. The van der Waals surface area contributed by atoms with Crippen LogP contribution in [-0.2, 0) is 25.7 Å². The first-order valence-corrected chi connectivity index (χ1v) is 19.3. The first kappa shape index (κ1) is 56.7. The fraction of sp³-hybridized carbons (Fsp3) is 0.524. The molecule has 3 aromatic rings. The summed E-state index contributed by atoms with van der Waals surface area (Å²) in [6.45, 7) is 23.4. The van der Waals surface area contributed by atoms with Gasteiger partial charge in [0.2, 0.25) is 6.41 Å². The van der Waals surface area contributed by atoms with Crippen molar-refractivity contribution < 1.29 is 39.0 Å². The molecule has 0 amide bonds. The second-order valence-electron chi connectivity index (χ2n) is 17.8. The van der Waals surface area contributed by atoms with Crippen molar-refractivity contribution in [3.8, 4) is 0 Å². The minimum atomic E-state index is -0.602. The van der Waals surface area contributed by atoms with Crippen molar-refractivity contribution in [3.63, 3.8) is 0 Å². The second kappa shape index (κ2) is 23.2. The van der Waals surface area contributed by atoms with Crippen LogP contribution >= 0.6 is 0 Å². The number of nitro groups is 6. The maximum absolute atomic E-state index is 11.2. The smallest absolute Gasteiger partial charge is 0.283 e. The standard InChI is InChI=1S/C15H20N2O4.2C11H14N2O4.C5H13NO2/c1-10(2)6-7-11-8-12(15(3,4)5)14(17(20)21)9-13(11)16(18)19;1-7-5-8(11(2,3)4)10(13(16)17)6-9(7)12(14)15;1-7-9(12(14)15)6-5-8(11(2,3)4)10(7)13(16)17;1-6(2)5(7-3)8-4/h6-10H,1-5H3;2*5-6H,1-4H3;5H,1-4H3/b7-6+;;;. The maximum atomic E-state index is 11.2. The molecule has 0 radical (unpaired) electrons. The molecule has 0 spiro atoms. The Bertz CT molecular complexity index is 2150. The van der Waals surface area contributed by atoms with Crippen molar-refractivity contribution in [1.29, 1.82) is 0 Å². The molecular formula is C42H61N7O14. The summed E-state index contributed by atoms with van der Waals surface area (Å²) in [6.07, 6.45) is 3.28. The lowest BCUT2D eigenvalue weighted by molar-refractivity contribution is -0.396. The number of hydrogen-bond acceptors (Lipinski definition) is 15. The normalized spacial score (nSPS) is 11.6. The number of nitrogens with zero attached hydrogens (tertiary/aromatic N) is 7. The fourth-order valence-corrected chi connectivity index (χ4v) is 5.81. The van der Waals surface area contributed by atoms with E-state index in [0.29, 0.717) is 27.8 Å². The highest BCUT2D eigenvalue weighted by Crippen LogP contribution is 2.39. The van der Waals surface area contributed by atoms with E-state index in [4.69, 9.17) is 9.47 Å². The van der Waals surface area contributed by atoms with E-state index in [1.165, 1.54) is 25.1 Å². The molecule has 0 aliphatic heterocycles. The summed E-state index contributed by atoms with van der Waals surface area (Å²) in [5, 5.41) is 65.8. The molecule has 0 heterocycles. The molecule has 3 aromatic carbocycles. The van der Waals surface area contributed by atoms with E-state index in [0.717, 1.165) is 12.1 Å². The van der Waals surface area contributed by atoms with Gasteiger partial charge in [0.15, 0.2) is 0 Å². The molecule has 0 saturated carbocycles. The maximum Gasteiger partial charge on any atom is 0.283 e. The van der Waals surface area contributed by atoms with Gasteiger partial charge in [-0.25, -0.2) is 0 Å². The van der Waals surface area contributed by atoms with Gasteiger partial charge in [-0.2, -0.15) is 0 Å². The Morgan fingerprint density at radius 2 is 0.921 bits per heavy atom. The summed E-state index contributed by atoms with van der Waals surface area (Å²) in [5.74, 6) is 0.234. The predicted octanol–water partition coefficient (Wildman–Crippen LogP) is 10.8. The van der Waals surface area contributed by atoms with Gasteiger partial charge in [-0.05, 0) is 68.3 Å². The van der Waals surface area contributed by atoms with Crippen molar-refractivity contribution in [2.45, 2.75) is 113 Å². The first-order valence-electron chi connectivity index (χ1n) is 19.3. The van der Waals surface area contributed by atoms with Crippen LogP contribution in [0.4, 0.5) is 34.1 Å². The lowest BCUT2D eigenvalue weighted by Crippen LogP contribution is -2.30. The third kappa shape index (κ3) is 16.8. The molecule has 21 heteroatoms. The molecule has 0 aliphatic carbocycles. The van der Waals surface area contributed by atoms with Gasteiger partial charge in [-0.1, -0.05) is 88.3 Å². The fourth-order valence-electron chi connectivity index (χ4n) is 5.81. The Labute approximate surface area is 367 Å². The molecule has 348 valence electrons. The monoisotopic (exact) mass is 887 g/mol. The SMILES string of the molecule is CC(C)/C=C/c1cc(C(C)(C)C)c([N+](=O)[O-])cc1[N+](=O)[O-].COC(OC)N(C)C.Cc1c([N+](=O)[O-])ccc(C(C)(C)C)c1[N+](=O)[O-].Cc1cc(C(C)(C)C)c([N+](=O)[O-])cc1[N+](=O)[O-]. The summed E-state index contributed by atoms with van der Waals surface area (Å²) in [6, 6.07) is 7.95. The second-order valence-corrected chi connectivity index (χ2v) is 17.8. The quantitative estimate of drug-likeness (QED) is 0.0982. The van der Waals surface area contributed by atoms with Crippen LogP contribution in [-0.4, -0.2) is 69.2 Å². The lowest BCUT2D eigenvalue weighted by atomic mass is 9.84. The average Bonchev–Trinajstić information content (AvgIpc) is 3.12. The van der Waals surface area contributed by atoms with Crippen molar-refractivity contribution in [2.75, 3.05) is 28.3 Å². The zero-order chi connectivity index (χ0) is 49.7. The van der Waals surface area contributed by atoms with Gasteiger partial charge in [0.1, 0.15) is 5.56 Å². The van der Waals surface area contributed by atoms with E-state index in [9.17, 15) is 60.7 Å². The van der Waals surface area contributed by atoms with Gasteiger partial charge in [-0.15, -0.1) is 0 Å². The number of nitro benzene ring substituents is 6. The first-order chi connectivity index (χ1) is 28.6. The van der Waals surface area contributed by atoms with E-state index in [-0.39, 0.29) is 52.0 Å².